The van der Waals surface area contributed by atoms with Crippen LogP contribution in [0.4, 0.5) is 15.8 Å². The Morgan fingerprint density at radius 2 is 1.95 bits per heavy atom. The van der Waals surface area contributed by atoms with Crippen LogP contribution in [0.5, 0.6) is 5.75 Å². The number of nitrogen functional groups attached to an aromatic ring is 1. The summed E-state index contributed by atoms with van der Waals surface area (Å²) in [6.07, 6.45) is 0. The van der Waals surface area contributed by atoms with Gasteiger partial charge in [-0.3, -0.25) is 4.72 Å². The molecule has 0 aliphatic heterocycles. The number of hydrogen-bond acceptors (Lipinski definition) is 4. The van der Waals surface area contributed by atoms with E-state index in [0.29, 0.717) is 11.4 Å². The van der Waals surface area contributed by atoms with Crippen molar-refractivity contribution in [1.29, 1.82) is 0 Å². The lowest BCUT2D eigenvalue weighted by Crippen LogP contribution is -2.13. The normalized spacial score (nSPS) is 11.2. The van der Waals surface area contributed by atoms with Gasteiger partial charge in [-0.2, -0.15) is 0 Å². The third-order valence-electron chi connectivity index (χ3n) is 2.69. The molecule has 21 heavy (non-hydrogen) atoms. The Labute approximate surface area is 126 Å². The summed E-state index contributed by atoms with van der Waals surface area (Å²) >= 11 is 5.59. The molecule has 0 heterocycles. The number of halogens is 2. The van der Waals surface area contributed by atoms with Crippen LogP contribution in [0.15, 0.2) is 41.3 Å². The highest BCUT2D eigenvalue weighted by molar-refractivity contribution is 7.92. The number of methoxy groups -OCH3 is 1. The SMILES string of the molecule is COc1cc(NS(=O)(=O)c2ccc(F)c(Cl)c2)ccc1N. The van der Waals surface area contributed by atoms with Gasteiger partial charge in [0.2, 0.25) is 0 Å². The van der Waals surface area contributed by atoms with E-state index in [1.807, 2.05) is 0 Å². The highest BCUT2D eigenvalue weighted by Crippen LogP contribution is 2.27. The summed E-state index contributed by atoms with van der Waals surface area (Å²) in [6, 6.07) is 7.58. The maximum Gasteiger partial charge on any atom is 0.261 e. The molecule has 0 aromatic heterocycles. The Morgan fingerprint density at radius 3 is 2.57 bits per heavy atom. The molecule has 2 rings (SSSR count). The van der Waals surface area contributed by atoms with E-state index in [1.165, 1.54) is 25.3 Å². The molecule has 5 nitrogen and oxygen atoms in total. The third-order valence-corrected chi connectivity index (χ3v) is 4.36. The molecule has 0 saturated carbocycles. The number of nitrogens with one attached hydrogen (secondary N) is 1. The van der Waals surface area contributed by atoms with Gasteiger partial charge in [-0.25, -0.2) is 12.8 Å². The smallest absolute Gasteiger partial charge is 0.261 e. The van der Waals surface area contributed by atoms with Crippen molar-refractivity contribution in [1.82, 2.24) is 0 Å². The minimum Gasteiger partial charge on any atom is -0.495 e. The van der Waals surface area contributed by atoms with Gasteiger partial charge in [-0.1, -0.05) is 11.6 Å². The molecule has 0 aliphatic rings. The summed E-state index contributed by atoms with van der Waals surface area (Å²) in [4.78, 5) is -0.148. The molecule has 2 aromatic carbocycles. The molecular weight excluding hydrogens is 319 g/mol. The van der Waals surface area contributed by atoms with Crippen LogP contribution in [-0.4, -0.2) is 15.5 Å². The van der Waals surface area contributed by atoms with Gasteiger partial charge in [0.1, 0.15) is 11.6 Å². The van der Waals surface area contributed by atoms with Gasteiger partial charge < -0.3 is 10.5 Å². The summed E-state index contributed by atoms with van der Waals surface area (Å²) in [7, 11) is -2.47. The van der Waals surface area contributed by atoms with Crippen LogP contribution in [0.1, 0.15) is 0 Å². The Bertz CT molecular complexity index is 781. The monoisotopic (exact) mass is 330 g/mol. The number of hydrogen-bond donors (Lipinski definition) is 2. The zero-order valence-electron chi connectivity index (χ0n) is 10.9. The quantitative estimate of drug-likeness (QED) is 0.845. The number of rotatable bonds is 4. The zero-order chi connectivity index (χ0) is 15.6. The van der Waals surface area contributed by atoms with E-state index in [9.17, 15) is 12.8 Å². The van der Waals surface area contributed by atoms with Gasteiger partial charge in [0.05, 0.1) is 28.4 Å². The Kier molecular flexibility index (Phi) is 4.24. The number of benzene rings is 2. The molecule has 0 amide bonds. The van der Waals surface area contributed by atoms with Crippen molar-refractivity contribution in [3.05, 3.63) is 47.2 Å². The van der Waals surface area contributed by atoms with Crippen molar-refractivity contribution in [2.75, 3.05) is 17.6 Å². The molecule has 112 valence electrons. The van der Waals surface area contributed by atoms with Gasteiger partial charge in [-0.05, 0) is 30.3 Å². The second-order valence-corrected chi connectivity index (χ2v) is 6.23. The summed E-state index contributed by atoms with van der Waals surface area (Å²) < 4.78 is 44.8. The first-order valence-electron chi connectivity index (χ1n) is 5.75. The van der Waals surface area contributed by atoms with Crippen molar-refractivity contribution in [3.63, 3.8) is 0 Å². The first-order valence-corrected chi connectivity index (χ1v) is 7.61. The number of ether oxygens (including phenoxy) is 1. The molecule has 0 radical (unpaired) electrons. The van der Waals surface area contributed by atoms with Gasteiger partial charge in [0.25, 0.3) is 10.0 Å². The first-order chi connectivity index (χ1) is 9.83. The maximum absolute atomic E-state index is 13.1. The molecule has 0 unspecified atom stereocenters. The Hall–Kier alpha value is -1.99. The fraction of sp³-hybridized carbons (Fsp3) is 0.0769. The molecule has 0 saturated heterocycles. The Morgan fingerprint density at radius 1 is 1.24 bits per heavy atom. The molecule has 0 spiro atoms. The summed E-state index contributed by atoms with van der Waals surface area (Å²) in [5.41, 5.74) is 6.30. The number of anilines is 2. The van der Waals surface area contributed by atoms with Crippen LogP contribution in [0.3, 0.4) is 0 Å². The highest BCUT2D eigenvalue weighted by atomic mass is 35.5. The van der Waals surface area contributed by atoms with Gasteiger partial charge in [0, 0.05) is 6.07 Å². The topological polar surface area (TPSA) is 81.4 Å². The Balaban J connectivity index is 2.35. The van der Waals surface area contributed by atoms with Gasteiger partial charge >= 0.3 is 0 Å². The highest BCUT2D eigenvalue weighted by Gasteiger charge is 2.16. The minimum absolute atomic E-state index is 0.148. The molecule has 3 N–H and O–H groups in total. The van der Waals surface area contributed by atoms with Crippen molar-refractivity contribution >= 4 is 33.0 Å². The molecule has 0 atom stereocenters. The molecule has 0 fully saturated rings. The van der Waals surface area contributed by atoms with Gasteiger partial charge in [0.15, 0.2) is 0 Å². The van der Waals surface area contributed by atoms with E-state index in [4.69, 9.17) is 22.1 Å². The van der Waals surface area contributed by atoms with E-state index in [1.54, 1.807) is 0 Å². The number of sulfonamides is 1. The molecule has 8 heteroatoms. The lowest BCUT2D eigenvalue weighted by atomic mass is 10.2. The van der Waals surface area contributed by atoms with Crippen molar-refractivity contribution in [2.24, 2.45) is 0 Å². The van der Waals surface area contributed by atoms with E-state index < -0.39 is 15.8 Å². The standard InChI is InChI=1S/C13H12ClFN2O3S/c1-20-13-6-8(2-5-12(13)16)17-21(18,19)9-3-4-11(15)10(14)7-9/h2-7,17H,16H2,1H3. The maximum atomic E-state index is 13.1. The van der Waals surface area contributed by atoms with Crippen molar-refractivity contribution in [3.8, 4) is 5.75 Å². The lowest BCUT2D eigenvalue weighted by Gasteiger charge is -2.11. The predicted octanol–water partition coefficient (Wildman–Crippen LogP) is 2.87. The first kappa shape index (κ1) is 15.4. The van der Waals surface area contributed by atoms with Crippen LogP contribution in [0, 0.1) is 5.82 Å². The van der Waals surface area contributed by atoms with Crippen LogP contribution < -0.4 is 15.2 Å². The third kappa shape index (κ3) is 3.37. The second kappa shape index (κ2) is 5.79. The minimum atomic E-state index is -3.89. The summed E-state index contributed by atoms with van der Waals surface area (Å²) in [5.74, 6) is -0.350. The fourth-order valence-corrected chi connectivity index (χ4v) is 2.95. The summed E-state index contributed by atoms with van der Waals surface area (Å²) in [6.45, 7) is 0. The molecule has 0 bridgehead atoms. The lowest BCUT2D eigenvalue weighted by molar-refractivity contribution is 0.417. The van der Waals surface area contributed by atoms with Crippen LogP contribution >= 0.6 is 11.6 Å². The van der Waals surface area contributed by atoms with Crippen molar-refractivity contribution < 1.29 is 17.5 Å². The number of nitrogens with two attached hydrogens (primary N) is 1. The predicted molar refractivity (Wildman–Crippen MR) is 79.6 cm³/mol. The van der Waals surface area contributed by atoms with E-state index >= 15 is 0 Å². The van der Waals surface area contributed by atoms with Crippen LogP contribution in [-0.2, 0) is 10.0 Å². The largest absolute Gasteiger partial charge is 0.495 e. The van der Waals surface area contributed by atoms with Crippen LogP contribution in [0.2, 0.25) is 5.02 Å². The van der Waals surface area contributed by atoms with Crippen molar-refractivity contribution in [2.45, 2.75) is 4.90 Å². The zero-order valence-corrected chi connectivity index (χ0v) is 12.5. The van der Waals surface area contributed by atoms with E-state index in [2.05, 4.69) is 4.72 Å². The van der Waals surface area contributed by atoms with E-state index in [-0.39, 0.29) is 15.6 Å². The average Bonchev–Trinajstić information content (AvgIpc) is 2.43. The van der Waals surface area contributed by atoms with Crippen LogP contribution in [0.25, 0.3) is 0 Å². The molecular formula is C13H12ClFN2O3S. The fourth-order valence-electron chi connectivity index (χ4n) is 1.63. The molecule has 2 aromatic rings. The second-order valence-electron chi connectivity index (χ2n) is 4.14. The van der Waals surface area contributed by atoms with E-state index in [0.717, 1.165) is 18.2 Å². The summed E-state index contributed by atoms with van der Waals surface area (Å²) in [5, 5.41) is -0.271. The molecule has 0 aliphatic carbocycles. The van der Waals surface area contributed by atoms with Gasteiger partial charge in [-0.15, -0.1) is 0 Å². The average molecular weight is 331 g/mol.